The highest BCUT2D eigenvalue weighted by Crippen LogP contribution is 2.27. The van der Waals surface area contributed by atoms with Crippen LogP contribution in [0.2, 0.25) is 0 Å². The Hall–Kier alpha value is -3.65. The summed E-state index contributed by atoms with van der Waals surface area (Å²) in [6.45, 7) is 11.2. The molecule has 0 aliphatic carbocycles. The molecule has 0 saturated carbocycles. The highest BCUT2D eigenvalue weighted by Gasteiger charge is 2.32. The molecule has 0 aliphatic heterocycles. The van der Waals surface area contributed by atoms with Gasteiger partial charge >= 0.3 is 0 Å². The van der Waals surface area contributed by atoms with Crippen LogP contribution in [-0.2, 0) is 26.2 Å². The summed E-state index contributed by atoms with van der Waals surface area (Å²) in [5.41, 5.74) is 4.95. The van der Waals surface area contributed by atoms with Gasteiger partial charge in [-0.1, -0.05) is 48.0 Å². The number of hydrogen-bond acceptors (Lipinski definition) is 4. The Morgan fingerprint density at radius 2 is 1.47 bits per heavy atom. The third kappa shape index (κ3) is 6.81. The minimum atomic E-state index is -4.08. The molecule has 0 spiro atoms. The SMILES string of the molecule is CCNC(=O)[C@H](C)N(Cc1ccccc1C)C(=O)CN(c1cc(C)cc(C)c1)S(=O)(=O)c1ccc(C)cc1. The van der Waals surface area contributed by atoms with E-state index in [1.54, 1.807) is 43.3 Å². The number of nitrogens with zero attached hydrogens (tertiary/aromatic N) is 2. The minimum absolute atomic E-state index is 0.0947. The summed E-state index contributed by atoms with van der Waals surface area (Å²) in [6, 6.07) is 18.9. The Morgan fingerprint density at radius 1 is 0.868 bits per heavy atom. The molecule has 0 unspecified atom stereocenters. The van der Waals surface area contributed by atoms with Crippen molar-refractivity contribution in [3.63, 3.8) is 0 Å². The van der Waals surface area contributed by atoms with Crippen LogP contribution in [0.5, 0.6) is 0 Å². The summed E-state index contributed by atoms with van der Waals surface area (Å²) in [6.07, 6.45) is 0. The third-order valence-electron chi connectivity index (χ3n) is 6.50. The van der Waals surface area contributed by atoms with E-state index in [1.165, 1.54) is 4.90 Å². The van der Waals surface area contributed by atoms with Crippen molar-refractivity contribution >= 4 is 27.5 Å². The van der Waals surface area contributed by atoms with Gasteiger partial charge in [0, 0.05) is 13.1 Å². The Morgan fingerprint density at radius 3 is 2.05 bits per heavy atom. The topological polar surface area (TPSA) is 86.8 Å². The second-order valence-corrected chi connectivity index (χ2v) is 11.6. The second-order valence-electron chi connectivity index (χ2n) is 9.69. The summed E-state index contributed by atoms with van der Waals surface area (Å²) in [5.74, 6) is -0.768. The number of amides is 2. The number of likely N-dealkylation sites (N-methyl/N-ethyl adjacent to an activating group) is 1. The van der Waals surface area contributed by atoms with E-state index in [0.29, 0.717) is 12.2 Å². The molecule has 7 nitrogen and oxygen atoms in total. The predicted octanol–water partition coefficient (Wildman–Crippen LogP) is 4.67. The van der Waals surface area contributed by atoms with Crippen molar-refractivity contribution in [2.24, 2.45) is 0 Å². The van der Waals surface area contributed by atoms with Crippen molar-refractivity contribution in [2.75, 3.05) is 17.4 Å². The summed E-state index contributed by atoms with van der Waals surface area (Å²) in [7, 11) is -4.08. The van der Waals surface area contributed by atoms with E-state index in [0.717, 1.165) is 32.1 Å². The summed E-state index contributed by atoms with van der Waals surface area (Å²) < 4.78 is 29.0. The number of benzene rings is 3. The molecular formula is C30H37N3O4S. The second kappa shape index (κ2) is 12.3. The van der Waals surface area contributed by atoms with Crippen LogP contribution in [0.15, 0.2) is 71.6 Å². The zero-order valence-corrected chi connectivity index (χ0v) is 23.8. The lowest BCUT2D eigenvalue weighted by molar-refractivity contribution is -0.139. The first kappa shape index (κ1) is 28.9. The number of sulfonamides is 1. The van der Waals surface area contributed by atoms with Gasteiger partial charge in [-0.05, 0) is 88.1 Å². The van der Waals surface area contributed by atoms with Crippen LogP contribution in [0.4, 0.5) is 5.69 Å². The number of rotatable bonds is 10. The van der Waals surface area contributed by atoms with Gasteiger partial charge in [0.05, 0.1) is 10.6 Å². The summed E-state index contributed by atoms with van der Waals surface area (Å²) in [4.78, 5) is 28.3. The van der Waals surface area contributed by atoms with E-state index in [4.69, 9.17) is 0 Å². The third-order valence-corrected chi connectivity index (χ3v) is 8.29. The van der Waals surface area contributed by atoms with Crippen LogP contribution in [0.25, 0.3) is 0 Å². The van der Waals surface area contributed by atoms with Crippen molar-refractivity contribution in [3.05, 3.63) is 94.5 Å². The standard InChI is InChI=1S/C30H37N3O4S/c1-7-31-30(35)25(6)32(19-26-11-9-8-10-24(26)5)29(34)20-33(27-17-22(3)16-23(4)18-27)38(36,37)28-14-12-21(2)13-15-28/h8-18,25H,7,19-20H2,1-6H3,(H,31,35)/t25-/m0/s1. The first-order valence-electron chi connectivity index (χ1n) is 12.7. The first-order valence-corrected chi connectivity index (χ1v) is 14.2. The average molecular weight is 536 g/mol. The Bertz CT molecular complexity index is 1380. The summed E-state index contributed by atoms with van der Waals surface area (Å²) >= 11 is 0. The summed E-state index contributed by atoms with van der Waals surface area (Å²) in [5, 5.41) is 2.78. The quantitative estimate of drug-likeness (QED) is 0.409. The van der Waals surface area contributed by atoms with Gasteiger partial charge in [0.1, 0.15) is 12.6 Å². The van der Waals surface area contributed by atoms with Crippen molar-refractivity contribution in [1.82, 2.24) is 10.2 Å². The van der Waals surface area contributed by atoms with Crippen molar-refractivity contribution < 1.29 is 18.0 Å². The molecule has 0 aromatic heterocycles. The molecule has 1 N–H and O–H groups in total. The number of carbonyl (C=O) groups is 2. The fraction of sp³-hybridized carbons (Fsp3) is 0.333. The van der Waals surface area contributed by atoms with E-state index in [1.807, 2.05) is 65.0 Å². The van der Waals surface area contributed by atoms with E-state index < -0.39 is 28.5 Å². The molecule has 3 aromatic carbocycles. The molecule has 0 saturated heterocycles. The van der Waals surface area contributed by atoms with Gasteiger partial charge in [-0.2, -0.15) is 0 Å². The monoisotopic (exact) mass is 535 g/mol. The van der Waals surface area contributed by atoms with Crippen LogP contribution in [0.1, 0.15) is 41.7 Å². The fourth-order valence-corrected chi connectivity index (χ4v) is 5.73. The number of nitrogens with one attached hydrogen (secondary N) is 1. The maximum absolute atomic E-state index is 13.9. The van der Waals surface area contributed by atoms with E-state index in [9.17, 15) is 18.0 Å². The molecule has 38 heavy (non-hydrogen) atoms. The number of anilines is 1. The number of aryl methyl sites for hydroxylation is 4. The molecule has 0 heterocycles. The van der Waals surface area contributed by atoms with Crippen molar-refractivity contribution in [1.29, 1.82) is 0 Å². The number of hydrogen-bond donors (Lipinski definition) is 1. The van der Waals surface area contributed by atoms with Gasteiger partial charge < -0.3 is 10.2 Å². The number of carbonyl (C=O) groups excluding carboxylic acids is 2. The molecule has 2 amide bonds. The van der Waals surface area contributed by atoms with E-state index in [-0.39, 0.29) is 17.3 Å². The van der Waals surface area contributed by atoms with E-state index >= 15 is 0 Å². The molecule has 202 valence electrons. The zero-order valence-electron chi connectivity index (χ0n) is 23.0. The van der Waals surface area contributed by atoms with Crippen LogP contribution >= 0.6 is 0 Å². The largest absolute Gasteiger partial charge is 0.355 e. The molecule has 8 heteroatoms. The Kier molecular flexibility index (Phi) is 9.33. The molecule has 3 rings (SSSR count). The molecule has 1 atom stereocenters. The Balaban J connectivity index is 2.08. The fourth-order valence-electron chi connectivity index (χ4n) is 4.34. The molecule has 0 radical (unpaired) electrons. The predicted molar refractivity (Wildman–Crippen MR) is 152 cm³/mol. The van der Waals surface area contributed by atoms with Crippen LogP contribution in [-0.4, -0.2) is 44.3 Å². The highest BCUT2D eigenvalue weighted by molar-refractivity contribution is 7.92. The van der Waals surface area contributed by atoms with Gasteiger partial charge in [0.25, 0.3) is 10.0 Å². The highest BCUT2D eigenvalue weighted by atomic mass is 32.2. The zero-order chi connectivity index (χ0) is 28.0. The van der Waals surface area contributed by atoms with Gasteiger partial charge in [-0.15, -0.1) is 0 Å². The first-order chi connectivity index (χ1) is 17.9. The molecule has 0 bridgehead atoms. The van der Waals surface area contributed by atoms with Crippen molar-refractivity contribution in [2.45, 2.75) is 59.0 Å². The molecule has 3 aromatic rings. The van der Waals surface area contributed by atoms with Crippen LogP contribution < -0.4 is 9.62 Å². The maximum Gasteiger partial charge on any atom is 0.264 e. The van der Waals surface area contributed by atoms with Crippen LogP contribution in [0.3, 0.4) is 0 Å². The van der Waals surface area contributed by atoms with E-state index in [2.05, 4.69) is 5.32 Å². The average Bonchev–Trinajstić information content (AvgIpc) is 2.86. The molecule has 0 aliphatic rings. The lowest BCUT2D eigenvalue weighted by Gasteiger charge is -2.32. The van der Waals surface area contributed by atoms with Gasteiger partial charge in [0.15, 0.2) is 0 Å². The molecule has 0 fully saturated rings. The smallest absolute Gasteiger partial charge is 0.264 e. The minimum Gasteiger partial charge on any atom is -0.355 e. The van der Waals surface area contributed by atoms with Gasteiger partial charge in [-0.3, -0.25) is 13.9 Å². The lowest BCUT2D eigenvalue weighted by atomic mass is 10.1. The van der Waals surface area contributed by atoms with Gasteiger partial charge in [-0.25, -0.2) is 8.42 Å². The van der Waals surface area contributed by atoms with Crippen molar-refractivity contribution in [3.8, 4) is 0 Å². The Labute approximate surface area is 226 Å². The lowest BCUT2D eigenvalue weighted by Crippen LogP contribution is -2.51. The molecular weight excluding hydrogens is 498 g/mol. The maximum atomic E-state index is 13.9. The van der Waals surface area contributed by atoms with Gasteiger partial charge in [0.2, 0.25) is 11.8 Å². The van der Waals surface area contributed by atoms with Crippen LogP contribution in [0, 0.1) is 27.7 Å². The normalized spacial score (nSPS) is 12.1.